The fraction of sp³-hybridized carbons (Fsp3) is 0. The van der Waals surface area contributed by atoms with Crippen molar-refractivity contribution in [3.63, 3.8) is 0 Å². The first-order valence-corrected chi connectivity index (χ1v) is 5.51. The summed E-state index contributed by atoms with van der Waals surface area (Å²) in [5, 5.41) is 20.5. The number of hydrogen-bond acceptors (Lipinski definition) is 3. The molecule has 0 aromatic heterocycles. The fourth-order valence-corrected chi connectivity index (χ4v) is 3.18. The van der Waals surface area contributed by atoms with E-state index in [9.17, 15) is 10.0 Å². The summed E-state index contributed by atoms with van der Waals surface area (Å²) in [4.78, 5) is 0. The van der Waals surface area contributed by atoms with E-state index in [2.05, 4.69) is 52.4 Å². The van der Waals surface area contributed by atoms with E-state index in [1.807, 2.05) is 0 Å². The van der Waals surface area contributed by atoms with Crippen molar-refractivity contribution in [2.24, 2.45) is 0 Å². The first-order valence-electron chi connectivity index (χ1n) is 3.13. The van der Waals surface area contributed by atoms with Crippen molar-refractivity contribution in [2.75, 3.05) is 0 Å². The van der Waals surface area contributed by atoms with E-state index in [-0.39, 0.29) is 25.2 Å². The average Bonchev–Trinajstić information content (AvgIpc) is 1.96. The van der Waals surface area contributed by atoms with Gasteiger partial charge in [-0.3, -0.25) is 0 Å². The van der Waals surface area contributed by atoms with Crippen LogP contribution in [-0.4, -0.2) is 7.32 Å². The van der Waals surface area contributed by atoms with Crippen LogP contribution in [0.1, 0.15) is 0 Å². The summed E-state index contributed by atoms with van der Waals surface area (Å²) in [7, 11) is -2.33. The molecular formula is C6H2BBr3O3Zn. The van der Waals surface area contributed by atoms with E-state index >= 15 is 0 Å². The van der Waals surface area contributed by atoms with Gasteiger partial charge in [0.05, 0.1) is 8.95 Å². The Labute approximate surface area is 120 Å². The van der Waals surface area contributed by atoms with Crippen molar-refractivity contribution in [3.8, 4) is 5.75 Å². The molecule has 0 saturated carbocycles. The molecule has 1 rings (SSSR count). The third-order valence-electron chi connectivity index (χ3n) is 1.18. The van der Waals surface area contributed by atoms with Crippen LogP contribution in [0.2, 0.25) is 0 Å². The van der Waals surface area contributed by atoms with E-state index < -0.39 is 7.32 Å². The second kappa shape index (κ2) is 6.61. The predicted octanol–water partition coefficient (Wildman–Crippen LogP) is 1.06. The first kappa shape index (κ1) is 15.1. The molecule has 0 atom stereocenters. The molecule has 0 spiro atoms. The molecule has 0 heterocycles. The summed E-state index contributed by atoms with van der Waals surface area (Å²) in [6.45, 7) is 0. The molecule has 14 heavy (non-hydrogen) atoms. The zero-order valence-corrected chi connectivity index (χ0v) is 14.5. The maximum Gasteiger partial charge on any atom is 2.00 e. The van der Waals surface area contributed by atoms with E-state index in [1.54, 1.807) is 12.1 Å². The molecule has 0 aliphatic rings. The van der Waals surface area contributed by atoms with E-state index in [1.165, 1.54) is 0 Å². The van der Waals surface area contributed by atoms with E-state index in [0.717, 1.165) is 4.47 Å². The molecule has 8 heteroatoms. The second-order valence-corrected chi connectivity index (χ2v) is 4.73. The zero-order valence-electron chi connectivity index (χ0n) is 6.80. The Bertz CT molecular complexity index is 300. The quantitative estimate of drug-likeness (QED) is 0.650. The minimum atomic E-state index is -2.33. The standard InChI is InChI=1S/C6H2BBr3O3.Zn/c8-3-1-4(9)6(5(10)2-3)13-7(11)12;/h1-2H;/q-2;+2. The van der Waals surface area contributed by atoms with Crippen molar-refractivity contribution in [1.82, 2.24) is 0 Å². The van der Waals surface area contributed by atoms with Crippen molar-refractivity contribution < 1.29 is 34.2 Å². The third-order valence-corrected chi connectivity index (χ3v) is 2.81. The molecule has 3 nitrogen and oxygen atoms in total. The number of benzene rings is 1. The monoisotopic (exact) mass is 434 g/mol. The van der Waals surface area contributed by atoms with E-state index in [4.69, 9.17) is 0 Å². The smallest absolute Gasteiger partial charge is 0.860 e. The van der Waals surface area contributed by atoms with Crippen molar-refractivity contribution in [1.29, 1.82) is 0 Å². The average molecular weight is 438 g/mol. The summed E-state index contributed by atoms with van der Waals surface area (Å²) in [5.41, 5.74) is 0. The number of hydrogen-bond donors (Lipinski definition) is 0. The van der Waals surface area contributed by atoms with Gasteiger partial charge < -0.3 is 14.7 Å². The molecule has 0 N–H and O–H groups in total. The Kier molecular flexibility index (Phi) is 7.11. The first-order chi connectivity index (χ1) is 6.00. The van der Waals surface area contributed by atoms with Crippen LogP contribution in [0, 0.1) is 0 Å². The van der Waals surface area contributed by atoms with Gasteiger partial charge in [-0.05, 0) is 44.0 Å². The fourth-order valence-electron chi connectivity index (χ4n) is 0.738. The predicted molar refractivity (Wildman–Crippen MR) is 55.9 cm³/mol. The third kappa shape index (κ3) is 4.29. The van der Waals surface area contributed by atoms with Crippen LogP contribution in [0.4, 0.5) is 0 Å². The van der Waals surface area contributed by atoms with Crippen LogP contribution in [0.15, 0.2) is 25.6 Å². The topological polar surface area (TPSA) is 55.3 Å². The maximum absolute atomic E-state index is 10.3. The summed E-state index contributed by atoms with van der Waals surface area (Å²) in [5.74, 6) is 0.221. The largest absolute Gasteiger partial charge is 2.00 e. The van der Waals surface area contributed by atoms with Gasteiger partial charge in [-0.15, -0.1) is 0 Å². The maximum atomic E-state index is 10.3. The van der Waals surface area contributed by atoms with Crippen molar-refractivity contribution >= 4 is 55.1 Å². The van der Waals surface area contributed by atoms with Gasteiger partial charge in [-0.1, -0.05) is 15.9 Å². The molecule has 0 saturated heterocycles. The molecular weight excluding hydrogens is 436 g/mol. The Balaban J connectivity index is 0.00000169. The Hall–Kier alpha value is 1.07. The summed E-state index contributed by atoms with van der Waals surface area (Å²) in [6, 6.07) is 3.37. The number of halogens is 3. The summed E-state index contributed by atoms with van der Waals surface area (Å²) < 4.78 is 6.41. The van der Waals surface area contributed by atoms with Crippen LogP contribution in [0.5, 0.6) is 5.75 Å². The van der Waals surface area contributed by atoms with Crippen LogP contribution < -0.4 is 14.7 Å². The molecule has 1 aromatic carbocycles. The second-order valence-electron chi connectivity index (χ2n) is 2.11. The molecule has 0 aliphatic heterocycles. The Morgan fingerprint density at radius 3 is 1.86 bits per heavy atom. The van der Waals surface area contributed by atoms with E-state index in [0.29, 0.717) is 8.95 Å². The van der Waals surface area contributed by atoms with Gasteiger partial charge in [0.2, 0.25) is 0 Å². The van der Waals surface area contributed by atoms with Gasteiger partial charge in [0.1, 0.15) is 13.1 Å². The zero-order chi connectivity index (χ0) is 10.0. The molecule has 70 valence electrons. The molecule has 0 radical (unpaired) electrons. The van der Waals surface area contributed by atoms with Gasteiger partial charge in [0.15, 0.2) is 0 Å². The molecule has 0 fully saturated rings. The van der Waals surface area contributed by atoms with Gasteiger partial charge in [0, 0.05) is 4.47 Å². The van der Waals surface area contributed by atoms with Gasteiger partial charge >= 0.3 is 19.5 Å². The summed E-state index contributed by atoms with van der Waals surface area (Å²) in [6.07, 6.45) is 0. The van der Waals surface area contributed by atoms with Crippen molar-refractivity contribution in [2.45, 2.75) is 0 Å². The van der Waals surface area contributed by atoms with Gasteiger partial charge in [-0.25, -0.2) is 0 Å². The molecule has 0 bridgehead atoms. The minimum absolute atomic E-state index is 0. The molecule has 0 unspecified atom stereocenters. The molecule has 1 aromatic rings. The van der Waals surface area contributed by atoms with Gasteiger partial charge in [0.25, 0.3) is 0 Å². The molecule has 0 amide bonds. The van der Waals surface area contributed by atoms with Crippen LogP contribution in [0.3, 0.4) is 0 Å². The Morgan fingerprint density at radius 1 is 1.07 bits per heavy atom. The molecule has 0 aliphatic carbocycles. The minimum Gasteiger partial charge on any atom is -0.860 e. The van der Waals surface area contributed by atoms with Crippen LogP contribution in [0.25, 0.3) is 0 Å². The summed E-state index contributed by atoms with van der Waals surface area (Å²) >= 11 is 9.57. The number of rotatable bonds is 2. The Morgan fingerprint density at radius 2 is 1.50 bits per heavy atom. The van der Waals surface area contributed by atoms with Crippen LogP contribution >= 0.6 is 47.8 Å². The normalized spacial score (nSPS) is 9.21. The van der Waals surface area contributed by atoms with Crippen molar-refractivity contribution in [3.05, 3.63) is 25.6 Å². The van der Waals surface area contributed by atoms with Gasteiger partial charge in [-0.2, -0.15) is 0 Å². The van der Waals surface area contributed by atoms with Crippen LogP contribution in [-0.2, 0) is 19.5 Å². The SMILES string of the molecule is [O-]B([O-])Oc1c(Br)cc(Br)cc1Br.[Zn+2].